The number of halogens is 1. The quantitative estimate of drug-likeness (QED) is 0.427. The number of aryl methyl sites for hydroxylation is 1. The van der Waals surface area contributed by atoms with Gasteiger partial charge in [-0.3, -0.25) is 0 Å². The molecule has 0 atom stereocenters. The third-order valence-corrected chi connectivity index (χ3v) is 11.7. The number of hydrogen-bond acceptors (Lipinski definition) is 2. The Labute approximate surface area is 135 Å². The van der Waals surface area contributed by atoms with Gasteiger partial charge in [-0.15, -0.1) is 0 Å². The predicted octanol–water partition coefficient (Wildman–Crippen LogP) is 6.59. The second kappa shape index (κ2) is 8.53. The summed E-state index contributed by atoms with van der Waals surface area (Å²) in [6.45, 7) is 8.75. The number of rotatable bonds is 11. The fourth-order valence-corrected chi connectivity index (χ4v) is 10.00. The first-order valence-corrected chi connectivity index (χ1v) is 12.5. The summed E-state index contributed by atoms with van der Waals surface area (Å²) < 4.78 is 5.28. The van der Waals surface area contributed by atoms with Crippen LogP contribution in [0.25, 0.3) is 0 Å². The molecular formula is C17H33ClNOP. The number of hydrogen-bond donors (Lipinski definition) is 0. The molecule has 0 saturated carbocycles. The van der Waals surface area contributed by atoms with Gasteiger partial charge in [-0.2, -0.15) is 0 Å². The Balaban J connectivity index is 3.01. The average Bonchev–Trinajstić information content (AvgIpc) is 2.86. The second-order valence-corrected chi connectivity index (χ2v) is 14.8. The Morgan fingerprint density at radius 2 is 1.48 bits per heavy atom. The molecule has 0 aliphatic rings. The molecular weight excluding hydrogens is 301 g/mol. The van der Waals surface area contributed by atoms with Gasteiger partial charge < -0.3 is 0 Å². The summed E-state index contributed by atoms with van der Waals surface area (Å²) in [4.78, 5) is 0. The molecule has 0 unspecified atom stereocenters. The first-order valence-electron chi connectivity index (χ1n) is 8.60. The molecule has 4 heteroatoms. The van der Waals surface area contributed by atoms with E-state index in [9.17, 15) is 0 Å². The molecule has 0 aromatic carbocycles. The van der Waals surface area contributed by atoms with Gasteiger partial charge in [0.1, 0.15) is 0 Å². The molecule has 2 nitrogen and oxygen atoms in total. The third-order valence-electron chi connectivity index (χ3n) is 4.45. The van der Waals surface area contributed by atoms with Crippen LogP contribution in [0.3, 0.4) is 0 Å². The topological polar surface area (TPSA) is 26.0 Å². The van der Waals surface area contributed by atoms with Crippen molar-refractivity contribution in [3.63, 3.8) is 0 Å². The van der Waals surface area contributed by atoms with Crippen molar-refractivity contribution in [1.29, 1.82) is 0 Å². The fourth-order valence-electron chi connectivity index (χ4n) is 3.13. The molecule has 124 valence electrons. The molecule has 0 amide bonds. The van der Waals surface area contributed by atoms with E-state index in [0.29, 0.717) is 0 Å². The van der Waals surface area contributed by atoms with Gasteiger partial charge in [0.05, 0.1) is 0 Å². The molecule has 21 heavy (non-hydrogen) atoms. The summed E-state index contributed by atoms with van der Waals surface area (Å²) in [5, 5.41) is 4.24. The number of nitrogens with zero attached hydrogens (tertiary/aromatic N) is 1. The number of aromatic nitrogens is 1. The van der Waals surface area contributed by atoms with Crippen LogP contribution in [0, 0.1) is 6.92 Å². The first kappa shape index (κ1) is 19.0. The molecule has 1 aromatic heterocycles. The van der Waals surface area contributed by atoms with Crippen LogP contribution < -0.4 is 0 Å². The van der Waals surface area contributed by atoms with E-state index in [2.05, 4.69) is 32.0 Å². The Bertz CT molecular complexity index is 394. The van der Waals surface area contributed by atoms with Crippen LogP contribution in [-0.4, -0.2) is 23.6 Å². The summed E-state index contributed by atoms with van der Waals surface area (Å²) in [6.07, 6.45) is 12.0. The Morgan fingerprint density at radius 1 is 1.00 bits per heavy atom. The van der Waals surface area contributed by atoms with E-state index < -0.39 is 5.96 Å². The van der Waals surface area contributed by atoms with Gasteiger partial charge in [0, 0.05) is 0 Å². The van der Waals surface area contributed by atoms with E-state index in [1.807, 2.05) is 6.92 Å². The van der Waals surface area contributed by atoms with Gasteiger partial charge in [0.25, 0.3) is 0 Å². The maximum atomic E-state index is 7.53. The molecule has 0 fully saturated rings. The summed E-state index contributed by atoms with van der Waals surface area (Å²) >= 11 is 7.53. The maximum absolute atomic E-state index is 7.53. The fraction of sp³-hybridized carbons (Fsp3) is 0.824. The Hall–Kier alpha value is -0.0700. The van der Waals surface area contributed by atoms with Crippen molar-refractivity contribution in [2.24, 2.45) is 0 Å². The van der Waals surface area contributed by atoms with Crippen molar-refractivity contribution >= 4 is 17.2 Å². The van der Waals surface area contributed by atoms with Crippen molar-refractivity contribution in [2.75, 3.05) is 18.5 Å². The van der Waals surface area contributed by atoms with Gasteiger partial charge in [-0.25, -0.2) is 0 Å². The average molecular weight is 334 g/mol. The normalized spacial score (nSPS) is 14.0. The molecule has 1 rings (SSSR count). The van der Waals surface area contributed by atoms with Gasteiger partial charge in [0.15, 0.2) is 0 Å². The monoisotopic (exact) mass is 333 g/mol. The standard InChI is InChI=1S/C17H33ClNOP/c1-5-8-11-21(18,12-9-6-2,13-10-7-3)15-17-14-16(4)20-19-17/h14H,5-13,15H2,1-4H3. The van der Waals surface area contributed by atoms with Crippen LogP contribution in [0.1, 0.15) is 70.8 Å². The SMILES string of the molecule is CCCCP(Cl)(CCCC)(CCCC)Cc1cc(C)on1. The summed E-state index contributed by atoms with van der Waals surface area (Å²) in [6, 6.07) is 2.08. The Kier molecular flexibility index (Phi) is 7.71. The summed E-state index contributed by atoms with van der Waals surface area (Å²) in [5.74, 6) is -1.33. The molecule has 1 heterocycles. The molecule has 1 aromatic rings. The van der Waals surface area contributed by atoms with Gasteiger partial charge in [-0.1, -0.05) is 0 Å². The summed E-state index contributed by atoms with van der Waals surface area (Å²) in [5.41, 5.74) is 1.07. The molecule has 0 aliphatic heterocycles. The van der Waals surface area contributed by atoms with E-state index in [1.54, 1.807) is 0 Å². The van der Waals surface area contributed by atoms with E-state index >= 15 is 0 Å². The van der Waals surface area contributed by atoms with Gasteiger partial charge in [-0.05, 0) is 0 Å². The zero-order chi connectivity index (χ0) is 15.8. The van der Waals surface area contributed by atoms with Crippen molar-refractivity contribution in [3.8, 4) is 0 Å². The zero-order valence-electron chi connectivity index (χ0n) is 14.3. The minimum atomic E-state index is -2.22. The van der Waals surface area contributed by atoms with Crippen LogP contribution in [-0.2, 0) is 6.16 Å². The van der Waals surface area contributed by atoms with Crippen molar-refractivity contribution in [2.45, 2.75) is 72.4 Å². The van der Waals surface area contributed by atoms with Crippen molar-refractivity contribution in [1.82, 2.24) is 5.16 Å². The molecule has 0 spiro atoms. The van der Waals surface area contributed by atoms with Crippen molar-refractivity contribution < 1.29 is 4.52 Å². The summed E-state index contributed by atoms with van der Waals surface area (Å²) in [7, 11) is 0. The van der Waals surface area contributed by atoms with E-state index in [1.165, 1.54) is 57.0 Å². The van der Waals surface area contributed by atoms with Crippen LogP contribution in [0.2, 0.25) is 0 Å². The number of unbranched alkanes of at least 4 members (excludes halogenated alkanes) is 3. The van der Waals surface area contributed by atoms with E-state index in [-0.39, 0.29) is 0 Å². The Morgan fingerprint density at radius 3 is 1.81 bits per heavy atom. The van der Waals surface area contributed by atoms with Gasteiger partial charge in [0.2, 0.25) is 0 Å². The molecule has 0 aliphatic carbocycles. The van der Waals surface area contributed by atoms with Crippen molar-refractivity contribution in [3.05, 3.63) is 17.5 Å². The third kappa shape index (κ3) is 5.91. The second-order valence-electron chi connectivity index (χ2n) is 6.64. The molecule has 0 saturated heterocycles. The first-order chi connectivity index (χ1) is 9.95. The van der Waals surface area contributed by atoms with Crippen LogP contribution in [0.15, 0.2) is 10.6 Å². The van der Waals surface area contributed by atoms with Crippen LogP contribution >= 0.6 is 17.2 Å². The minimum absolute atomic E-state index is 0.896. The van der Waals surface area contributed by atoms with Gasteiger partial charge >= 0.3 is 135 Å². The predicted molar refractivity (Wildman–Crippen MR) is 97.0 cm³/mol. The van der Waals surface area contributed by atoms with Crippen LogP contribution in [0.4, 0.5) is 0 Å². The van der Waals surface area contributed by atoms with E-state index in [4.69, 9.17) is 15.8 Å². The molecule has 0 N–H and O–H groups in total. The van der Waals surface area contributed by atoms with Crippen LogP contribution in [0.5, 0.6) is 0 Å². The van der Waals surface area contributed by atoms with E-state index in [0.717, 1.165) is 17.6 Å². The molecule has 0 bridgehead atoms. The zero-order valence-corrected chi connectivity index (χ0v) is 16.0. The molecule has 0 radical (unpaired) electrons.